The van der Waals surface area contributed by atoms with Crippen LogP contribution in [0, 0.1) is 6.92 Å². The van der Waals surface area contributed by atoms with Crippen LogP contribution in [0.15, 0.2) is 24.9 Å². The molecule has 2 aromatic rings. The van der Waals surface area contributed by atoms with Crippen molar-refractivity contribution in [1.29, 1.82) is 0 Å². The predicted molar refractivity (Wildman–Crippen MR) is 69.7 cm³/mol. The van der Waals surface area contributed by atoms with Gasteiger partial charge in [-0.15, -0.1) is 0 Å². The van der Waals surface area contributed by atoms with Crippen LogP contribution in [0.4, 0.5) is 0 Å². The third-order valence-corrected chi connectivity index (χ3v) is 3.52. The zero-order chi connectivity index (χ0) is 13.2. The van der Waals surface area contributed by atoms with Crippen LogP contribution in [0.1, 0.15) is 34.9 Å². The van der Waals surface area contributed by atoms with Crippen molar-refractivity contribution in [3.63, 3.8) is 0 Å². The highest BCUT2D eigenvalue weighted by Gasteiger charge is 2.26. The highest BCUT2D eigenvalue weighted by Crippen LogP contribution is 2.22. The zero-order valence-electron chi connectivity index (χ0n) is 10.9. The van der Waals surface area contributed by atoms with Gasteiger partial charge in [0, 0.05) is 19.3 Å². The Morgan fingerprint density at radius 3 is 3.05 bits per heavy atom. The van der Waals surface area contributed by atoms with Crippen molar-refractivity contribution < 1.29 is 4.79 Å². The Kier molecular flexibility index (Phi) is 3.06. The largest absolute Gasteiger partial charge is 0.341 e. The number of nitrogens with zero attached hydrogens (tertiary/aromatic N) is 4. The van der Waals surface area contributed by atoms with Gasteiger partial charge in [0.25, 0.3) is 5.91 Å². The molecule has 3 rings (SSSR count). The Morgan fingerprint density at radius 2 is 2.37 bits per heavy atom. The molecule has 6 nitrogen and oxygen atoms in total. The number of hydrogen-bond donors (Lipinski definition) is 1. The van der Waals surface area contributed by atoms with E-state index in [4.69, 9.17) is 0 Å². The first-order valence-corrected chi connectivity index (χ1v) is 6.52. The van der Waals surface area contributed by atoms with Crippen molar-refractivity contribution in [2.45, 2.75) is 25.8 Å². The van der Waals surface area contributed by atoms with E-state index in [0.29, 0.717) is 12.2 Å². The summed E-state index contributed by atoms with van der Waals surface area (Å²) in [7, 11) is 0. The number of H-pyrrole nitrogens is 1. The molecule has 1 saturated heterocycles. The number of rotatable bonds is 2. The quantitative estimate of drug-likeness (QED) is 0.886. The maximum absolute atomic E-state index is 12.3. The first kappa shape index (κ1) is 12.0. The monoisotopic (exact) mass is 259 g/mol. The molecule has 1 aliphatic heterocycles. The van der Waals surface area contributed by atoms with E-state index in [2.05, 4.69) is 15.1 Å². The van der Waals surface area contributed by atoms with Crippen LogP contribution in [0.25, 0.3) is 0 Å². The molecule has 0 aromatic carbocycles. The number of aromatic nitrogens is 4. The molecule has 0 spiro atoms. The van der Waals surface area contributed by atoms with Crippen LogP contribution < -0.4 is 0 Å². The highest BCUT2D eigenvalue weighted by atomic mass is 16.2. The molecule has 0 bridgehead atoms. The van der Waals surface area contributed by atoms with Gasteiger partial charge in [-0.05, 0) is 25.3 Å². The molecule has 6 heteroatoms. The van der Waals surface area contributed by atoms with Crippen LogP contribution >= 0.6 is 0 Å². The maximum Gasteiger partial charge on any atom is 0.271 e. The van der Waals surface area contributed by atoms with Gasteiger partial charge in [-0.1, -0.05) is 0 Å². The van der Waals surface area contributed by atoms with Crippen LogP contribution in [0.5, 0.6) is 0 Å². The molecule has 1 N–H and O–H groups in total. The number of likely N-dealkylation sites (tertiary alicyclic amines) is 1. The smallest absolute Gasteiger partial charge is 0.271 e. The third-order valence-electron chi connectivity index (χ3n) is 3.52. The van der Waals surface area contributed by atoms with Gasteiger partial charge in [-0.25, -0.2) is 4.98 Å². The Balaban J connectivity index is 1.73. The van der Waals surface area contributed by atoms with Crippen LogP contribution in [0.2, 0.25) is 0 Å². The highest BCUT2D eigenvalue weighted by molar-refractivity contribution is 5.92. The van der Waals surface area contributed by atoms with E-state index in [1.54, 1.807) is 6.20 Å². The molecular formula is C13H17N5O. The lowest BCUT2D eigenvalue weighted by Gasteiger charge is -2.32. The van der Waals surface area contributed by atoms with Crippen molar-refractivity contribution in [3.05, 3.63) is 36.2 Å². The molecule has 0 saturated carbocycles. The van der Waals surface area contributed by atoms with Crippen LogP contribution in [0.3, 0.4) is 0 Å². The summed E-state index contributed by atoms with van der Waals surface area (Å²) in [5.41, 5.74) is 1.70. The van der Waals surface area contributed by atoms with Crippen molar-refractivity contribution in [2.75, 3.05) is 13.1 Å². The summed E-state index contributed by atoms with van der Waals surface area (Å²) in [5.74, 6) is 0.0195. The molecule has 0 aliphatic carbocycles. The number of imidazole rings is 1. The van der Waals surface area contributed by atoms with Gasteiger partial charge in [-0.3, -0.25) is 9.48 Å². The van der Waals surface area contributed by atoms with Crippen molar-refractivity contribution in [3.8, 4) is 0 Å². The van der Waals surface area contributed by atoms with E-state index < -0.39 is 0 Å². The summed E-state index contributed by atoms with van der Waals surface area (Å²) in [4.78, 5) is 20.9. The Morgan fingerprint density at radius 1 is 1.47 bits per heavy atom. The number of hydrogen-bond acceptors (Lipinski definition) is 3. The second kappa shape index (κ2) is 4.87. The predicted octanol–water partition coefficient (Wildman–Crippen LogP) is 1.39. The topological polar surface area (TPSA) is 66.8 Å². The van der Waals surface area contributed by atoms with E-state index in [1.165, 1.54) is 6.33 Å². The standard InChI is InChI=1S/C13H17N5O/c1-10-5-16-18(7-10)11-3-2-4-17(8-11)13(19)12-6-14-9-15-12/h5-7,9,11H,2-4,8H2,1H3,(H,14,15). The average Bonchev–Trinajstić information content (AvgIpc) is 3.09. The molecule has 19 heavy (non-hydrogen) atoms. The summed E-state index contributed by atoms with van der Waals surface area (Å²) >= 11 is 0. The van der Waals surface area contributed by atoms with Gasteiger partial charge in [0.05, 0.1) is 24.8 Å². The van der Waals surface area contributed by atoms with Gasteiger partial charge in [0.15, 0.2) is 0 Å². The molecule has 100 valence electrons. The second-order valence-electron chi connectivity index (χ2n) is 5.01. The number of carbonyl (C=O) groups is 1. The third kappa shape index (κ3) is 2.38. The number of aryl methyl sites for hydroxylation is 1. The van der Waals surface area contributed by atoms with Gasteiger partial charge >= 0.3 is 0 Å². The Hall–Kier alpha value is -2.11. The zero-order valence-corrected chi connectivity index (χ0v) is 10.9. The van der Waals surface area contributed by atoms with E-state index in [1.807, 2.05) is 28.9 Å². The fourth-order valence-electron chi connectivity index (χ4n) is 2.53. The summed E-state index contributed by atoms with van der Waals surface area (Å²) in [6.45, 7) is 3.54. The van der Waals surface area contributed by atoms with E-state index >= 15 is 0 Å². The summed E-state index contributed by atoms with van der Waals surface area (Å²) in [6.07, 6.45) is 9.07. The van der Waals surface area contributed by atoms with Crippen molar-refractivity contribution in [2.24, 2.45) is 0 Å². The molecule has 1 fully saturated rings. The lowest BCUT2D eigenvalue weighted by molar-refractivity contribution is 0.0667. The number of nitrogens with one attached hydrogen (secondary N) is 1. The van der Waals surface area contributed by atoms with Gasteiger partial charge in [-0.2, -0.15) is 5.10 Å². The maximum atomic E-state index is 12.3. The fourth-order valence-corrected chi connectivity index (χ4v) is 2.53. The first-order valence-electron chi connectivity index (χ1n) is 6.52. The average molecular weight is 259 g/mol. The Labute approximate surface area is 111 Å². The van der Waals surface area contributed by atoms with Gasteiger partial charge < -0.3 is 9.88 Å². The Bertz CT molecular complexity index is 559. The van der Waals surface area contributed by atoms with Crippen LogP contribution in [-0.4, -0.2) is 43.6 Å². The number of piperidine rings is 1. The van der Waals surface area contributed by atoms with Crippen LogP contribution in [-0.2, 0) is 0 Å². The molecule has 3 heterocycles. The van der Waals surface area contributed by atoms with Crippen molar-refractivity contribution >= 4 is 5.91 Å². The lowest BCUT2D eigenvalue weighted by atomic mass is 10.1. The number of carbonyl (C=O) groups excluding carboxylic acids is 1. The second-order valence-corrected chi connectivity index (χ2v) is 5.01. The minimum absolute atomic E-state index is 0.0195. The van der Waals surface area contributed by atoms with E-state index in [-0.39, 0.29) is 11.9 Å². The van der Waals surface area contributed by atoms with E-state index in [9.17, 15) is 4.79 Å². The minimum Gasteiger partial charge on any atom is -0.341 e. The number of aromatic amines is 1. The molecule has 1 amide bonds. The van der Waals surface area contributed by atoms with E-state index in [0.717, 1.165) is 24.9 Å². The lowest BCUT2D eigenvalue weighted by Crippen LogP contribution is -2.41. The summed E-state index contributed by atoms with van der Waals surface area (Å²) in [5, 5.41) is 4.35. The molecule has 1 aliphatic rings. The summed E-state index contributed by atoms with van der Waals surface area (Å²) in [6, 6.07) is 0.273. The fraction of sp³-hybridized carbons (Fsp3) is 0.462. The molecular weight excluding hydrogens is 242 g/mol. The van der Waals surface area contributed by atoms with Gasteiger partial charge in [0.2, 0.25) is 0 Å². The van der Waals surface area contributed by atoms with Crippen molar-refractivity contribution in [1.82, 2.24) is 24.6 Å². The summed E-state index contributed by atoms with van der Waals surface area (Å²) < 4.78 is 1.97. The molecule has 0 radical (unpaired) electrons. The first-order chi connectivity index (χ1) is 9.24. The molecule has 1 unspecified atom stereocenters. The SMILES string of the molecule is Cc1cnn(C2CCCN(C(=O)c3cnc[nH]3)C2)c1. The minimum atomic E-state index is 0.0195. The number of amides is 1. The molecule has 2 aromatic heterocycles. The normalized spacial score (nSPS) is 19.6. The van der Waals surface area contributed by atoms with Gasteiger partial charge in [0.1, 0.15) is 5.69 Å². The molecule has 1 atom stereocenters.